The van der Waals surface area contributed by atoms with Gasteiger partial charge in [0.2, 0.25) is 5.91 Å². The monoisotopic (exact) mass is 199 g/mol. The zero-order valence-electron chi connectivity index (χ0n) is 7.49. The number of carbonyl (C=O) groups excluding carboxylic acids is 1. The van der Waals surface area contributed by atoms with Gasteiger partial charge >= 0.3 is 0 Å². The second-order valence-corrected chi connectivity index (χ2v) is 3.64. The van der Waals surface area contributed by atoms with E-state index in [1.54, 1.807) is 6.20 Å². The summed E-state index contributed by atoms with van der Waals surface area (Å²) in [6.45, 7) is 2.36. The van der Waals surface area contributed by atoms with Gasteiger partial charge in [-0.25, -0.2) is 4.98 Å². The highest BCUT2D eigenvalue weighted by Gasteiger charge is 2.09. The van der Waals surface area contributed by atoms with Gasteiger partial charge < -0.3 is 11.1 Å². The Labute approximate surface area is 81.2 Å². The number of amides is 1. The van der Waals surface area contributed by atoms with E-state index < -0.39 is 6.04 Å². The van der Waals surface area contributed by atoms with Crippen molar-refractivity contribution >= 4 is 17.2 Å². The summed E-state index contributed by atoms with van der Waals surface area (Å²) >= 11 is 1.52. The summed E-state index contributed by atoms with van der Waals surface area (Å²) in [6, 6.07) is -0.403. The maximum Gasteiger partial charge on any atom is 0.237 e. The van der Waals surface area contributed by atoms with Crippen LogP contribution < -0.4 is 11.1 Å². The third kappa shape index (κ3) is 3.12. The van der Waals surface area contributed by atoms with Crippen LogP contribution in [0.4, 0.5) is 0 Å². The van der Waals surface area contributed by atoms with Crippen molar-refractivity contribution in [3.05, 3.63) is 16.6 Å². The van der Waals surface area contributed by atoms with Gasteiger partial charge in [0.25, 0.3) is 0 Å². The molecule has 1 aromatic rings. The first-order valence-corrected chi connectivity index (χ1v) is 5.03. The SMILES string of the molecule is CC[C@H](N)C(=O)NCc1nccs1. The zero-order chi connectivity index (χ0) is 9.68. The van der Waals surface area contributed by atoms with Gasteiger partial charge in [-0.15, -0.1) is 11.3 Å². The van der Waals surface area contributed by atoms with E-state index in [9.17, 15) is 4.79 Å². The molecule has 1 amide bonds. The second-order valence-electron chi connectivity index (χ2n) is 2.66. The molecule has 0 aliphatic heterocycles. The van der Waals surface area contributed by atoms with E-state index in [1.807, 2.05) is 12.3 Å². The first-order valence-electron chi connectivity index (χ1n) is 4.15. The minimum atomic E-state index is -0.403. The molecule has 1 rings (SSSR count). The summed E-state index contributed by atoms with van der Waals surface area (Å²) in [6.07, 6.45) is 2.37. The third-order valence-corrected chi connectivity index (χ3v) is 2.45. The van der Waals surface area contributed by atoms with Crippen molar-refractivity contribution in [1.29, 1.82) is 0 Å². The van der Waals surface area contributed by atoms with Crippen LogP contribution in [-0.2, 0) is 11.3 Å². The maximum absolute atomic E-state index is 11.2. The largest absolute Gasteiger partial charge is 0.348 e. The molecule has 1 atom stereocenters. The Morgan fingerprint density at radius 2 is 2.62 bits per heavy atom. The molecule has 1 heterocycles. The number of aromatic nitrogens is 1. The van der Waals surface area contributed by atoms with Gasteiger partial charge in [0, 0.05) is 11.6 Å². The lowest BCUT2D eigenvalue weighted by atomic mass is 10.2. The molecule has 0 saturated heterocycles. The van der Waals surface area contributed by atoms with Crippen molar-refractivity contribution in [3.63, 3.8) is 0 Å². The molecular weight excluding hydrogens is 186 g/mol. The fourth-order valence-corrected chi connectivity index (χ4v) is 1.38. The van der Waals surface area contributed by atoms with Crippen molar-refractivity contribution in [2.24, 2.45) is 5.73 Å². The van der Waals surface area contributed by atoms with Gasteiger partial charge in [-0.3, -0.25) is 4.79 Å². The fraction of sp³-hybridized carbons (Fsp3) is 0.500. The molecule has 0 fully saturated rings. The summed E-state index contributed by atoms with van der Waals surface area (Å²) in [7, 11) is 0. The highest BCUT2D eigenvalue weighted by Crippen LogP contribution is 2.02. The number of rotatable bonds is 4. The number of hydrogen-bond acceptors (Lipinski definition) is 4. The first kappa shape index (κ1) is 10.1. The van der Waals surface area contributed by atoms with Crippen molar-refractivity contribution in [1.82, 2.24) is 10.3 Å². The average Bonchev–Trinajstić information content (AvgIpc) is 2.65. The van der Waals surface area contributed by atoms with Crippen molar-refractivity contribution in [3.8, 4) is 0 Å². The van der Waals surface area contributed by atoms with Crippen molar-refractivity contribution in [2.45, 2.75) is 25.9 Å². The van der Waals surface area contributed by atoms with Gasteiger partial charge in [-0.2, -0.15) is 0 Å². The van der Waals surface area contributed by atoms with Gasteiger partial charge in [-0.05, 0) is 6.42 Å². The summed E-state index contributed by atoms with van der Waals surface area (Å²) in [4.78, 5) is 15.2. The molecule has 0 aliphatic carbocycles. The molecule has 72 valence electrons. The van der Waals surface area contributed by atoms with Crippen molar-refractivity contribution in [2.75, 3.05) is 0 Å². The number of nitrogens with two attached hydrogens (primary N) is 1. The third-order valence-electron chi connectivity index (χ3n) is 1.67. The minimum Gasteiger partial charge on any atom is -0.348 e. The molecule has 0 bridgehead atoms. The molecule has 0 radical (unpaired) electrons. The van der Waals surface area contributed by atoms with Crippen LogP contribution in [0, 0.1) is 0 Å². The lowest BCUT2D eigenvalue weighted by Gasteiger charge is -2.07. The quantitative estimate of drug-likeness (QED) is 0.742. The summed E-state index contributed by atoms with van der Waals surface area (Å²) in [5, 5.41) is 5.50. The highest BCUT2D eigenvalue weighted by molar-refractivity contribution is 7.09. The fourth-order valence-electron chi connectivity index (χ4n) is 0.819. The molecule has 3 N–H and O–H groups in total. The molecule has 0 saturated carbocycles. The Balaban J connectivity index is 2.31. The molecule has 1 aromatic heterocycles. The lowest BCUT2D eigenvalue weighted by Crippen LogP contribution is -2.39. The van der Waals surface area contributed by atoms with Gasteiger partial charge in [0.05, 0.1) is 12.6 Å². The van der Waals surface area contributed by atoms with E-state index in [2.05, 4.69) is 10.3 Å². The Hall–Kier alpha value is -0.940. The van der Waals surface area contributed by atoms with Gasteiger partial charge in [-0.1, -0.05) is 6.92 Å². The van der Waals surface area contributed by atoms with E-state index in [4.69, 9.17) is 5.73 Å². The van der Waals surface area contributed by atoms with Crippen molar-refractivity contribution < 1.29 is 4.79 Å². The van der Waals surface area contributed by atoms with Gasteiger partial charge in [0.15, 0.2) is 0 Å². The van der Waals surface area contributed by atoms with E-state index in [0.717, 1.165) is 5.01 Å². The van der Waals surface area contributed by atoms with E-state index in [1.165, 1.54) is 11.3 Å². The van der Waals surface area contributed by atoms with Crippen LogP contribution in [0.2, 0.25) is 0 Å². The van der Waals surface area contributed by atoms with E-state index in [0.29, 0.717) is 13.0 Å². The van der Waals surface area contributed by atoms with Crippen LogP contribution >= 0.6 is 11.3 Å². The predicted octanol–water partition coefficient (Wildman–Crippen LogP) is 0.497. The maximum atomic E-state index is 11.2. The normalized spacial score (nSPS) is 12.5. The highest BCUT2D eigenvalue weighted by atomic mass is 32.1. The molecule has 0 spiro atoms. The van der Waals surface area contributed by atoms with Crippen LogP contribution in [0.25, 0.3) is 0 Å². The smallest absolute Gasteiger partial charge is 0.237 e. The first-order chi connectivity index (χ1) is 6.24. The molecule has 0 unspecified atom stereocenters. The molecule has 5 heteroatoms. The Morgan fingerprint density at radius 1 is 1.85 bits per heavy atom. The Morgan fingerprint density at radius 3 is 3.15 bits per heavy atom. The van der Waals surface area contributed by atoms with Crippen LogP contribution in [0.1, 0.15) is 18.4 Å². The Kier molecular flexibility index (Phi) is 3.85. The van der Waals surface area contributed by atoms with Gasteiger partial charge in [0.1, 0.15) is 5.01 Å². The number of carbonyl (C=O) groups is 1. The second kappa shape index (κ2) is 4.94. The number of thiazole rings is 1. The lowest BCUT2D eigenvalue weighted by molar-refractivity contribution is -0.122. The molecular formula is C8H13N3OS. The summed E-state index contributed by atoms with van der Waals surface area (Å²) < 4.78 is 0. The minimum absolute atomic E-state index is 0.113. The molecule has 4 nitrogen and oxygen atoms in total. The molecule has 13 heavy (non-hydrogen) atoms. The zero-order valence-corrected chi connectivity index (χ0v) is 8.30. The van der Waals surface area contributed by atoms with Crippen LogP contribution in [-0.4, -0.2) is 16.9 Å². The van der Waals surface area contributed by atoms with E-state index >= 15 is 0 Å². The Bertz CT molecular complexity index is 260. The predicted molar refractivity (Wildman–Crippen MR) is 52.2 cm³/mol. The summed E-state index contributed by atoms with van der Waals surface area (Å²) in [5.41, 5.74) is 5.53. The number of hydrogen-bond donors (Lipinski definition) is 2. The molecule has 0 aliphatic rings. The van der Waals surface area contributed by atoms with Crippen LogP contribution in [0.5, 0.6) is 0 Å². The number of nitrogens with one attached hydrogen (secondary N) is 1. The average molecular weight is 199 g/mol. The summed E-state index contributed by atoms with van der Waals surface area (Å²) in [5.74, 6) is -0.113. The topological polar surface area (TPSA) is 68.0 Å². The van der Waals surface area contributed by atoms with E-state index in [-0.39, 0.29) is 5.91 Å². The van der Waals surface area contributed by atoms with Crippen LogP contribution in [0.15, 0.2) is 11.6 Å². The standard InChI is InChI=1S/C8H13N3OS/c1-2-6(9)8(12)11-5-7-10-3-4-13-7/h3-4,6H,2,5,9H2,1H3,(H,11,12)/t6-/m0/s1. The number of nitrogens with zero attached hydrogens (tertiary/aromatic N) is 1. The molecule has 0 aromatic carbocycles. The van der Waals surface area contributed by atoms with Crippen LogP contribution in [0.3, 0.4) is 0 Å².